The third-order valence-corrected chi connectivity index (χ3v) is 5.06. The minimum atomic E-state index is 0.0263. The molecular formula is C25H25ClN2O2. The van der Waals surface area contributed by atoms with Crippen molar-refractivity contribution < 1.29 is 10.2 Å². The average Bonchev–Trinajstić information content (AvgIpc) is 3.10. The molecule has 0 unspecified atom stereocenters. The van der Waals surface area contributed by atoms with Gasteiger partial charge >= 0.3 is 0 Å². The van der Waals surface area contributed by atoms with E-state index >= 15 is 0 Å². The maximum absolute atomic E-state index is 10.2. The van der Waals surface area contributed by atoms with Crippen molar-refractivity contribution in [1.82, 2.24) is 10.2 Å². The minimum absolute atomic E-state index is 0.0263. The van der Waals surface area contributed by atoms with E-state index < -0.39 is 0 Å². The summed E-state index contributed by atoms with van der Waals surface area (Å²) in [5.74, 6) is 0.135. The molecule has 154 valence electrons. The van der Waals surface area contributed by atoms with E-state index in [0.717, 1.165) is 27.4 Å². The fraction of sp³-hybridized carbons (Fsp3) is 0.160. The quantitative estimate of drug-likeness (QED) is 0.346. The van der Waals surface area contributed by atoms with Gasteiger partial charge in [0.1, 0.15) is 17.2 Å². The van der Waals surface area contributed by atoms with Gasteiger partial charge in [-0.3, -0.25) is 5.10 Å². The van der Waals surface area contributed by atoms with Gasteiger partial charge in [0.15, 0.2) is 0 Å². The lowest BCUT2D eigenvalue weighted by atomic mass is 9.97. The molecular weight excluding hydrogens is 396 g/mol. The lowest BCUT2D eigenvalue weighted by Crippen LogP contribution is -1.89. The highest BCUT2D eigenvalue weighted by atomic mass is 35.5. The van der Waals surface area contributed by atoms with Crippen molar-refractivity contribution >= 4 is 11.6 Å². The summed E-state index contributed by atoms with van der Waals surface area (Å²) in [5.41, 5.74) is 6.24. The number of aromatic nitrogens is 2. The number of hydrogen-bond acceptors (Lipinski definition) is 3. The topological polar surface area (TPSA) is 69.1 Å². The number of aromatic amines is 1. The fourth-order valence-electron chi connectivity index (χ4n) is 3.28. The van der Waals surface area contributed by atoms with Crippen LogP contribution in [0.3, 0.4) is 0 Å². The number of phenolic OH excluding ortho intramolecular Hbond substituents is 2. The molecule has 0 saturated heterocycles. The van der Waals surface area contributed by atoms with Crippen molar-refractivity contribution in [2.75, 3.05) is 0 Å². The third kappa shape index (κ3) is 4.84. The van der Waals surface area contributed by atoms with Crippen molar-refractivity contribution in [3.63, 3.8) is 0 Å². The predicted molar refractivity (Wildman–Crippen MR) is 123 cm³/mol. The largest absolute Gasteiger partial charge is 0.508 e. The maximum atomic E-state index is 10.2. The summed E-state index contributed by atoms with van der Waals surface area (Å²) in [7, 11) is 0. The van der Waals surface area contributed by atoms with Crippen LogP contribution >= 0.6 is 11.6 Å². The lowest BCUT2D eigenvalue weighted by molar-refractivity contribution is 0.447. The first kappa shape index (κ1) is 21.5. The number of nitrogens with one attached hydrogen (secondary N) is 1. The highest BCUT2D eigenvalue weighted by molar-refractivity contribution is 6.30. The van der Waals surface area contributed by atoms with Crippen LogP contribution in [0.2, 0.25) is 5.02 Å². The summed E-state index contributed by atoms with van der Waals surface area (Å²) in [6.07, 6.45) is 0.684. The molecule has 4 nitrogen and oxygen atoms in total. The van der Waals surface area contributed by atoms with Crippen LogP contribution in [0.4, 0.5) is 0 Å². The summed E-state index contributed by atoms with van der Waals surface area (Å²) in [6, 6.07) is 20.9. The number of benzene rings is 3. The Kier molecular flexibility index (Phi) is 6.80. The summed E-state index contributed by atoms with van der Waals surface area (Å²) in [6.45, 7) is 5.94. The number of phenols is 2. The van der Waals surface area contributed by atoms with Crippen molar-refractivity contribution in [2.24, 2.45) is 0 Å². The molecule has 4 aromatic rings. The SMILES string of the molecule is CCc1cc(-c2n[nH]c(C)c2-c2ccccc2)c(O)cc1O.Cc1cccc(Cl)c1. The highest BCUT2D eigenvalue weighted by Gasteiger charge is 2.18. The van der Waals surface area contributed by atoms with E-state index in [9.17, 15) is 10.2 Å². The first-order chi connectivity index (χ1) is 14.4. The second-order valence-electron chi connectivity index (χ2n) is 7.09. The molecule has 0 aliphatic heterocycles. The van der Waals surface area contributed by atoms with Crippen molar-refractivity contribution in [3.05, 3.63) is 88.6 Å². The van der Waals surface area contributed by atoms with Crippen LogP contribution in [0.1, 0.15) is 23.7 Å². The normalized spacial score (nSPS) is 10.4. The maximum Gasteiger partial charge on any atom is 0.128 e. The van der Waals surface area contributed by atoms with Crippen molar-refractivity contribution in [2.45, 2.75) is 27.2 Å². The van der Waals surface area contributed by atoms with Gasteiger partial charge in [-0.15, -0.1) is 0 Å². The molecule has 3 N–H and O–H groups in total. The van der Waals surface area contributed by atoms with E-state index in [4.69, 9.17) is 11.6 Å². The van der Waals surface area contributed by atoms with Crippen LogP contribution in [0.25, 0.3) is 22.4 Å². The zero-order valence-electron chi connectivity index (χ0n) is 17.3. The molecule has 0 aliphatic carbocycles. The summed E-state index contributed by atoms with van der Waals surface area (Å²) < 4.78 is 0. The number of rotatable bonds is 3. The third-order valence-electron chi connectivity index (χ3n) is 4.82. The minimum Gasteiger partial charge on any atom is -0.508 e. The molecule has 0 saturated carbocycles. The van der Waals surface area contributed by atoms with Gasteiger partial charge in [-0.1, -0.05) is 61.0 Å². The first-order valence-corrected chi connectivity index (χ1v) is 10.2. The van der Waals surface area contributed by atoms with E-state index in [2.05, 4.69) is 10.2 Å². The average molecular weight is 421 g/mol. The smallest absolute Gasteiger partial charge is 0.128 e. The Labute approximate surface area is 181 Å². The van der Waals surface area contributed by atoms with Crippen LogP contribution in [-0.4, -0.2) is 20.4 Å². The molecule has 30 heavy (non-hydrogen) atoms. The number of H-pyrrole nitrogens is 1. The Bertz CT molecular complexity index is 1120. The number of nitrogens with zero attached hydrogens (tertiary/aromatic N) is 1. The summed E-state index contributed by atoms with van der Waals surface area (Å²) >= 11 is 5.64. The molecule has 0 aliphatic rings. The molecule has 4 rings (SSSR count). The monoisotopic (exact) mass is 420 g/mol. The Morgan fingerprint density at radius 2 is 1.63 bits per heavy atom. The molecule has 1 heterocycles. The van der Waals surface area contributed by atoms with Crippen LogP contribution in [0.15, 0.2) is 66.7 Å². The predicted octanol–water partition coefficient (Wildman–Crippen LogP) is 6.67. The Hall–Kier alpha value is -3.24. The van der Waals surface area contributed by atoms with Gasteiger partial charge in [-0.2, -0.15) is 5.10 Å². The Morgan fingerprint density at radius 1 is 0.900 bits per heavy atom. The number of hydrogen-bond donors (Lipinski definition) is 3. The molecule has 0 radical (unpaired) electrons. The van der Waals surface area contributed by atoms with Crippen LogP contribution in [0.5, 0.6) is 11.5 Å². The van der Waals surface area contributed by atoms with Gasteiger partial charge < -0.3 is 10.2 Å². The van der Waals surface area contributed by atoms with E-state index in [1.165, 1.54) is 11.6 Å². The molecule has 1 aromatic heterocycles. The van der Waals surface area contributed by atoms with Crippen molar-refractivity contribution in [3.8, 4) is 33.9 Å². The summed E-state index contributed by atoms with van der Waals surface area (Å²) in [4.78, 5) is 0. The number of aromatic hydroxyl groups is 2. The second-order valence-corrected chi connectivity index (χ2v) is 7.53. The van der Waals surface area contributed by atoms with E-state index in [0.29, 0.717) is 17.7 Å². The van der Waals surface area contributed by atoms with Crippen molar-refractivity contribution in [1.29, 1.82) is 0 Å². The molecule has 0 atom stereocenters. The van der Waals surface area contributed by atoms with Crippen LogP contribution < -0.4 is 0 Å². The first-order valence-electron chi connectivity index (χ1n) is 9.78. The van der Waals surface area contributed by atoms with Gasteiger partial charge in [-0.05, 0) is 55.2 Å². The second kappa shape index (κ2) is 9.51. The standard InChI is InChI=1S/C18H18N2O2.C7H7Cl/c1-3-12-9-14(16(22)10-15(12)21)18-17(11(2)19-20-18)13-7-5-4-6-8-13;1-6-3-2-4-7(8)5-6/h4-10,21-22H,3H2,1-2H3,(H,19,20);2-5H,1H3. The fourth-order valence-corrected chi connectivity index (χ4v) is 3.53. The lowest BCUT2D eigenvalue weighted by Gasteiger charge is -2.09. The zero-order valence-corrected chi connectivity index (χ0v) is 18.0. The molecule has 0 spiro atoms. The zero-order chi connectivity index (χ0) is 21.7. The van der Waals surface area contributed by atoms with Gasteiger partial charge in [-0.25, -0.2) is 0 Å². The van der Waals surface area contributed by atoms with Gasteiger partial charge in [0, 0.05) is 27.9 Å². The van der Waals surface area contributed by atoms with Gasteiger partial charge in [0.25, 0.3) is 0 Å². The Balaban J connectivity index is 0.000000269. The van der Waals surface area contributed by atoms with E-state index in [1.807, 2.05) is 75.4 Å². The molecule has 0 bridgehead atoms. The van der Waals surface area contributed by atoms with E-state index in [1.54, 1.807) is 6.07 Å². The highest BCUT2D eigenvalue weighted by Crippen LogP contribution is 2.40. The molecule has 0 amide bonds. The number of aryl methyl sites for hydroxylation is 3. The molecule has 3 aromatic carbocycles. The van der Waals surface area contributed by atoms with Crippen LogP contribution in [0, 0.1) is 13.8 Å². The van der Waals surface area contributed by atoms with E-state index in [-0.39, 0.29) is 11.5 Å². The molecule has 0 fully saturated rings. The number of halogens is 1. The van der Waals surface area contributed by atoms with Crippen LogP contribution in [-0.2, 0) is 6.42 Å². The molecule has 5 heteroatoms. The Morgan fingerprint density at radius 3 is 2.23 bits per heavy atom. The van der Waals surface area contributed by atoms with Gasteiger partial charge in [0.2, 0.25) is 0 Å². The van der Waals surface area contributed by atoms with Gasteiger partial charge in [0.05, 0.1) is 0 Å². The summed E-state index contributed by atoms with van der Waals surface area (Å²) in [5, 5.41) is 28.3.